The molecule has 0 saturated carbocycles. The SMILES string of the molecule is Clc1ccccc1-c1cc2cccc(Cl)c2[nH]1. The molecule has 2 aromatic carbocycles. The molecule has 0 bridgehead atoms. The first-order valence-corrected chi connectivity index (χ1v) is 6.03. The van der Waals surface area contributed by atoms with E-state index in [9.17, 15) is 0 Å². The van der Waals surface area contributed by atoms with Crippen molar-refractivity contribution in [3.8, 4) is 11.3 Å². The van der Waals surface area contributed by atoms with Gasteiger partial charge >= 0.3 is 0 Å². The third-order valence-electron chi connectivity index (χ3n) is 2.77. The van der Waals surface area contributed by atoms with Gasteiger partial charge in [-0.15, -0.1) is 0 Å². The van der Waals surface area contributed by atoms with Gasteiger partial charge in [0.2, 0.25) is 0 Å². The van der Waals surface area contributed by atoms with E-state index < -0.39 is 0 Å². The largest absolute Gasteiger partial charge is 0.353 e. The Labute approximate surface area is 109 Å². The fraction of sp³-hybridized carbons (Fsp3) is 0. The number of hydrogen-bond donors (Lipinski definition) is 1. The van der Waals surface area contributed by atoms with Crippen LogP contribution in [-0.4, -0.2) is 4.98 Å². The minimum atomic E-state index is 0.723. The Hall–Kier alpha value is -1.44. The molecule has 0 amide bonds. The fourth-order valence-corrected chi connectivity index (χ4v) is 2.41. The number of para-hydroxylation sites is 1. The summed E-state index contributed by atoms with van der Waals surface area (Å²) in [6.07, 6.45) is 0. The van der Waals surface area contributed by atoms with Gasteiger partial charge in [0.25, 0.3) is 0 Å². The second-order valence-corrected chi connectivity index (χ2v) is 4.68. The smallest absolute Gasteiger partial charge is 0.0648 e. The molecule has 0 atom stereocenters. The molecule has 17 heavy (non-hydrogen) atoms. The Kier molecular flexibility index (Phi) is 2.58. The van der Waals surface area contributed by atoms with Crippen LogP contribution < -0.4 is 0 Å². The highest BCUT2D eigenvalue weighted by molar-refractivity contribution is 6.35. The Morgan fingerprint density at radius 1 is 0.824 bits per heavy atom. The first kappa shape index (κ1) is 10.7. The van der Waals surface area contributed by atoms with Crippen molar-refractivity contribution in [3.63, 3.8) is 0 Å². The van der Waals surface area contributed by atoms with E-state index in [-0.39, 0.29) is 0 Å². The summed E-state index contributed by atoms with van der Waals surface area (Å²) in [7, 11) is 0. The summed E-state index contributed by atoms with van der Waals surface area (Å²) in [6.45, 7) is 0. The average molecular weight is 262 g/mol. The molecule has 0 saturated heterocycles. The van der Waals surface area contributed by atoms with Crippen molar-refractivity contribution in [3.05, 3.63) is 58.6 Å². The van der Waals surface area contributed by atoms with Crippen LogP contribution in [0.2, 0.25) is 10.0 Å². The lowest BCUT2D eigenvalue weighted by atomic mass is 10.1. The summed E-state index contributed by atoms with van der Waals surface area (Å²) in [6, 6.07) is 15.6. The van der Waals surface area contributed by atoms with E-state index in [1.165, 1.54) is 0 Å². The standard InChI is InChI=1S/C14H9Cl2N/c15-11-6-2-1-5-10(11)13-8-9-4-3-7-12(16)14(9)17-13/h1-8,17H. The lowest BCUT2D eigenvalue weighted by Gasteiger charge is -1.99. The number of halogens is 2. The maximum atomic E-state index is 6.17. The zero-order valence-electron chi connectivity index (χ0n) is 8.87. The topological polar surface area (TPSA) is 15.8 Å². The molecule has 0 aliphatic heterocycles. The molecule has 0 spiro atoms. The lowest BCUT2D eigenvalue weighted by Crippen LogP contribution is -1.78. The van der Waals surface area contributed by atoms with Gasteiger partial charge < -0.3 is 4.98 Å². The highest BCUT2D eigenvalue weighted by atomic mass is 35.5. The number of H-pyrrole nitrogens is 1. The van der Waals surface area contributed by atoms with Crippen molar-refractivity contribution in [1.82, 2.24) is 4.98 Å². The average Bonchev–Trinajstić information content (AvgIpc) is 2.75. The minimum Gasteiger partial charge on any atom is -0.353 e. The number of rotatable bonds is 1. The maximum absolute atomic E-state index is 6.17. The highest BCUT2D eigenvalue weighted by Crippen LogP contribution is 2.31. The van der Waals surface area contributed by atoms with Crippen molar-refractivity contribution < 1.29 is 0 Å². The monoisotopic (exact) mass is 261 g/mol. The number of aromatic amines is 1. The van der Waals surface area contributed by atoms with Gasteiger partial charge in [-0.1, -0.05) is 53.5 Å². The molecule has 1 nitrogen and oxygen atoms in total. The third-order valence-corrected chi connectivity index (χ3v) is 3.41. The first-order chi connectivity index (χ1) is 8.25. The number of aromatic nitrogens is 1. The molecule has 0 unspecified atom stereocenters. The number of hydrogen-bond acceptors (Lipinski definition) is 0. The van der Waals surface area contributed by atoms with Gasteiger partial charge in [0.1, 0.15) is 0 Å². The van der Waals surface area contributed by atoms with Crippen LogP contribution >= 0.6 is 23.2 Å². The summed E-state index contributed by atoms with van der Waals surface area (Å²) < 4.78 is 0. The first-order valence-electron chi connectivity index (χ1n) is 5.28. The highest BCUT2D eigenvalue weighted by Gasteiger charge is 2.07. The molecule has 3 rings (SSSR count). The molecule has 0 aliphatic rings. The molecule has 0 radical (unpaired) electrons. The van der Waals surface area contributed by atoms with Crippen LogP contribution in [0.1, 0.15) is 0 Å². The van der Waals surface area contributed by atoms with Crippen molar-refractivity contribution in [2.75, 3.05) is 0 Å². The second kappa shape index (κ2) is 4.10. The van der Waals surface area contributed by atoms with Crippen LogP contribution in [0.5, 0.6) is 0 Å². The predicted molar refractivity (Wildman–Crippen MR) is 73.8 cm³/mol. The molecule has 1 aromatic heterocycles. The quantitative estimate of drug-likeness (QED) is 0.624. The van der Waals surface area contributed by atoms with Crippen molar-refractivity contribution in [2.24, 2.45) is 0 Å². The number of nitrogens with one attached hydrogen (secondary N) is 1. The molecular formula is C14H9Cl2N. The summed E-state index contributed by atoms with van der Waals surface area (Å²) in [5.74, 6) is 0. The van der Waals surface area contributed by atoms with Gasteiger partial charge in [-0.05, 0) is 18.2 Å². The molecular weight excluding hydrogens is 253 g/mol. The molecule has 3 aromatic rings. The lowest BCUT2D eigenvalue weighted by molar-refractivity contribution is 1.45. The zero-order chi connectivity index (χ0) is 11.8. The summed E-state index contributed by atoms with van der Waals surface area (Å²) in [5.41, 5.74) is 2.92. The Morgan fingerprint density at radius 2 is 1.59 bits per heavy atom. The van der Waals surface area contributed by atoms with Gasteiger partial charge in [0.15, 0.2) is 0 Å². The predicted octanol–water partition coefficient (Wildman–Crippen LogP) is 5.14. The minimum absolute atomic E-state index is 0.723. The van der Waals surface area contributed by atoms with E-state index >= 15 is 0 Å². The van der Waals surface area contributed by atoms with Crippen LogP contribution in [0, 0.1) is 0 Å². The fourth-order valence-electron chi connectivity index (χ4n) is 1.94. The van der Waals surface area contributed by atoms with Gasteiger partial charge in [-0.25, -0.2) is 0 Å². The van der Waals surface area contributed by atoms with Crippen LogP contribution in [-0.2, 0) is 0 Å². The molecule has 1 heterocycles. The van der Waals surface area contributed by atoms with Crippen LogP contribution in [0.15, 0.2) is 48.5 Å². The van der Waals surface area contributed by atoms with Gasteiger partial charge in [0, 0.05) is 21.7 Å². The van der Waals surface area contributed by atoms with Crippen molar-refractivity contribution in [2.45, 2.75) is 0 Å². The molecule has 3 heteroatoms. The van der Waals surface area contributed by atoms with Crippen LogP contribution in [0.4, 0.5) is 0 Å². The van der Waals surface area contributed by atoms with E-state index in [4.69, 9.17) is 23.2 Å². The summed E-state index contributed by atoms with van der Waals surface area (Å²) in [4.78, 5) is 3.30. The number of fused-ring (bicyclic) bond motifs is 1. The Morgan fingerprint density at radius 3 is 2.35 bits per heavy atom. The molecule has 0 aliphatic carbocycles. The van der Waals surface area contributed by atoms with Crippen molar-refractivity contribution in [1.29, 1.82) is 0 Å². The third kappa shape index (κ3) is 1.82. The van der Waals surface area contributed by atoms with E-state index in [0.29, 0.717) is 0 Å². The zero-order valence-corrected chi connectivity index (χ0v) is 10.4. The Bertz CT molecular complexity index is 686. The van der Waals surface area contributed by atoms with Gasteiger partial charge in [-0.2, -0.15) is 0 Å². The van der Waals surface area contributed by atoms with Crippen LogP contribution in [0.3, 0.4) is 0 Å². The van der Waals surface area contributed by atoms with Gasteiger partial charge in [-0.3, -0.25) is 0 Å². The van der Waals surface area contributed by atoms with E-state index in [1.807, 2.05) is 42.5 Å². The molecule has 84 valence electrons. The molecule has 1 N–H and O–H groups in total. The summed E-state index contributed by atoms with van der Waals surface area (Å²) in [5, 5.41) is 2.54. The van der Waals surface area contributed by atoms with E-state index in [0.717, 1.165) is 32.2 Å². The summed E-state index contributed by atoms with van der Waals surface area (Å²) >= 11 is 12.3. The normalized spacial score (nSPS) is 10.9. The van der Waals surface area contributed by atoms with E-state index in [2.05, 4.69) is 11.1 Å². The Balaban J connectivity index is 2.26. The second-order valence-electron chi connectivity index (χ2n) is 3.87. The van der Waals surface area contributed by atoms with Gasteiger partial charge in [0.05, 0.1) is 10.5 Å². The number of benzene rings is 2. The van der Waals surface area contributed by atoms with E-state index in [1.54, 1.807) is 0 Å². The van der Waals surface area contributed by atoms with Crippen LogP contribution in [0.25, 0.3) is 22.2 Å². The molecule has 0 fully saturated rings. The maximum Gasteiger partial charge on any atom is 0.0648 e. The van der Waals surface area contributed by atoms with Crippen molar-refractivity contribution >= 4 is 34.1 Å².